The van der Waals surface area contributed by atoms with E-state index in [2.05, 4.69) is 12.2 Å². The molecule has 0 fully saturated rings. The van der Waals surface area contributed by atoms with Crippen LogP contribution in [0.4, 0.5) is 0 Å². The number of likely N-dealkylation sites (N-methyl/N-ethyl adjacent to an activating group) is 1. The largest absolute Gasteiger partial charge is 0.480 e. The molecule has 0 aromatic carbocycles. The van der Waals surface area contributed by atoms with Gasteiger partial charge in [-0.3, -0.25) is 14.4 Å². The van der Waals surface area contributed by atoms with Crippen molar-refractivity contribution < 1.29 is 24.2 Å². The molecular weight excluding hydrogens is 432 g/mol. The first-order valence-electron chi connectivity index (χ1n) is 13.7. The molecule has 2 N–H and O–H groups in total. The van der Waals surface area contributed by atoms with E-state index in [9.17, 15) is 14.4 Å². The summed E-state index contributed by atoms with van der Waals surface area (Å²) in [5.74, 6) is -1.71. The number of ether oxygens (including phenoxy) is 1. The maximum absolute atomic E-state index is 12.7. The van der Waals surface area contributed by atoms with Gasteiger partial charge in [-0.1, -0.05) is 97.3 Å². The van der Waals surface area contributed by atoms with Crippen LogP contribution in [0.25, 0.3) is 0 Å². The molecule has 0 heterocycles. The predicted molar refractivity (Wildman–Crippen MR) is 138 cm³/mol. The Labute approximate surface area is 208 Å². The molecule has 2 amide bonds. The summed E-state index contributed by atoms with van der Waals surface area (Å²) in [7, 11) is 1.60. The average Bonchev–Trinajstić information content (AvgIpc) is 2.81. The van der Waals surface area contributed by atoms with Gasteiger partial charge in [0.05, 0.1) is 6.61 Å². The summed E-state index contributed by atoms with van der Waals surface area (Å²) in [6.45, 7) is 6.28. The molecule has 0 unspecified atom stereocenters. The van der Waals surface area contributed by atoms with Crippen molar-refractivity contribution in [2.45, 2.75) is 136 Å². The molecule has 0 aliphatic heterocycles. The molecule has 0 aliphatic rings. The fraction of sp³-hybridized carbons (Fsp3) is 0.889. The lowest BCUT2D eigenvalue weighted by Crippen LogP contribution is -2.53. The molecule has 0 aliphatic carbocycles. The van der Waals surface area contributed by atoms with Crippen LogP contribution in [0.15, 0.2) is 0 Å². The highest BCUT2D eigenvalue weighted by atomic mass is 16.5. The van der Waals surface area contributed by atoms with Gasteiger partial charge in [0.1, 0.15) is 12.1 Å². The summed E-state index contributed by atoms with van der Waals surface area (Å²) in [4.78, 5) is 37.8. The van der Waals surface area contributed by atoms with Crippen LogP contribution in [0.3, 0.4) is 0 Å². The lowest BCUT2D eigenvalue weighted by atomic mass is 10.0. The second-order valence-corrected chi connectivity index (χ2v) is 9.51. The molecule has 7 heteroatoms. The number of carboxylic acid groups (broad SMARTS) is 1. The van der Waals surface area contributed by atoms with E-state index in [0.29, 0.717) is 13.0 Å². The minimum atomic E-state index is -1.11. The lowest BCUT2D eigenvalue weighted by molar-refractivity contribution is -0.145. The topological polar surface area (TPSA) is 95.9 Å². The molecule has 0 radical (unpaired) electrons. The number of hydrogen-bond donors (Lipinski definition) is 2. The zero-order valence-electron chi connectivity index (χ0n) is 22.4. The summed E-state index contributed by atoms with van der Waals surface area (Å²) >= 11 is 0. The number of aliphatic carboxylic acids is 1. The van der Waals surface area contributed by atoms with E-state index in [-0.39, 0.29) is 12.5 Å². The number of nitrogens with one attached hydrogen (secondary N) is 1. The van der Waals surface area contributed by atoms with E-state index >= 15 is 0 Å². The Morgan fingerprint density at radius 1 is 0.794 bits per heavy atom. The summed E-state index contributed by atoms with van der Waals surface area (Å²) in [5, 5.41) is 11.5. The number of rotatable bonds is 23. The molecule has 0 aromatic rings. The lowest BCUT2D eigenvalue weighted by Gasteiger charge is -2.28. The fourth-order valence-corrected chi connectivity index (χ4v) is 3.82. The quantitative estimate of drug-likeness (QED) is 0.181. The van der Waals surface area contributed by atoms with Gasteiger partial charge in [0.25, 0.3) is 0 Å². The Balaban J connectivity index is 4.18. The van der Waals surface area contributed by atoms with Crippen molar-refractivity contribution in [1.29, 1.82) is 0 Å². The minimum absolute atomic E-state index is 0.0685. The third kappa shape index (κ3) is 16.9. The standard InChI is InChI=1S/C27H52N2O5/c1-5-7-9-10-11-12-13-14-15-16-17-18-19-20-25(30)29(4)24(22-34-21-8-6-2)26(31)28-23(3)27(32)33/h23-24H,5-22H2,1-4H3,(H,28,31)(H,32,33)/t23-,24-/m1/s1. The monoisotopic (exact) mass is 484 g/mol. The molecule has 7 nitrogen and oxygen atoms in total. The Kier molecular flexibility index (Phi) is 20.8. The molecule has 34 heavy (non-hydrogen) atoms. The van der Waals surface area contributed by atoms with Gasteiger partial charge in [-0.05, 0) is 19.8 Å². The second kappa shape index (κ2) is 21.9. The van der Waals surface area contributed by atoms with Gasteiger partial charge < -0.3 is 20.1 Å². The number of carbonyl (C=O) groups excluding carboxylic acids is 2. The highest BCUT2D eigenvalue weighted by molar-refractivity contribution is 5.90. The SMILES string of the molecule is CCCCCCCCCCCCCCCC(=O)N(C)[C@H](COCCCC)C(=O)N[C@H](C)C(=O)O. The van der Waals surface area contributed by atoms with Crippen molar-refractivity contribution in [1.82, 2.24) is 10.2 Å². The van der Waals surface area contributed by atoms with Crippen LogP contribution >= 0.6 is 0 Å². The number of amides is 2. The number of carboxylic acids is 1. The number of hydrogen-bond acceptors (Lipinski definition) is 4. The smallest absolute Gasteiger partial charge is 0.325 e. The van der Waals surface area contributed by atoms with Crippen molar-refractivity contribution in [3.63, 3.8) is 0 Å². The fourth-order valence-electron chi connectivity index (χ4n) is 3.82. The van der Waals surface area contributed by atoms with E-state index in [1.54, 1.807) is 7.05 Å². The minimum Gasteiger partial charge on any atom is -0.480 e. The van der Waals surface area contributed by atoms with Crippen molar-refractivity contribution in [2.24, 2.45) is 0 Å². The van der Waals surface area contributed by atoms with E-state index in [4.69, 9.17) is 9.84 Å². The zero-order valence-corrected chi connectivity index (χ0v) is 22.4. The normalized spacial score (nSPS) is 12.8. The first-order valence-corrected chi connectivity index (χ1v) is 13.7. The molecule has 0 spiro atoms. The van der Waals surface area contributed by atoms with Gasteiger partial charge in [-0.2, -0.15) is 0 Å². The Morgan fingerprint density at radius 2 is 1.26 bits per heavy atom. The Bertz CT molecular complexity index is 541. The molecule has 0 aromatic heterocycles. The molecule has 200 valence electrons. The molecule has 2 atom stereocenters. The van der Waals surface area contributed by atoms with Crippen LogP contribution in [0, 0.1) is 0 Å². The van der Waals surface area contributed by atoms with Gasteiger partial charge in [0, 0.05) is 20.1 Å². The van der Waals surface area contributed by atoms with Crippen LogP contribution < -0.4 is 5.32 Å². The average molecular weight is 485 g/mol. The number of unbranched alkanes of at least 4 members (excludes halogenated alkanes) is 13. The van der Waals surface area contributed by atoms with Crippen LogP contribution in [0.2, 0.25) is 0 Å². The third-order valence-corrected chi connectivity index (χ3v) is 6.30. The third-order valence-electron chi connectivity index (χ3n) is 6.30. The van der Waals surface area contributed by atoms with E-state index in [0.717, 1.165) is 32.1 Å². The van der Waals surface area contributed by atoms with Crippen molar-refractivity contribution in [3.8, 4) is 0 Å². The summed E-state index contributed by atoms with van der Waals surface area (Å²) in [6.07, 6.45) is 18.4. The van der Waals surface area contributed by atoms with Gasteiger partial charge >= 0.3 is 5.97 Å². The Hall–Kier alpha value is -1.63. The summed E-state index contributed by atoms with van der Waals surface area (Å²) < 4.78 is 5.59. The zero-order chi connectivity index (χ0) is 25.6. The van der Waals surface area contributed by atoms with Crippen LogP contribution in [0.1, 0.15) is 124 Å². The molecule has 0 rings (SSSR count). The first-order chi connectivity index (χ1) is 16.3. The van der Waals surface area contributed by atoms with Gasteiger partial charge in [0.15, 0.2) is 0 Å². The van der Waals surface area contributed by atoms with Crippen LogP contribution in [0.5, 0.6) is 0 Å². The number of nitrogens with zero attached hydrogens (tertiary/aromatic N) is 1. The summed E-state index contributed by atoms with van der Waals surface area (Å²) in [6, 6.07) is -1.84. The molecule has 0 saturated carbocycles. The van der Waals surface area contributed by atoms with Crippen molar-refractivity contribution in [3.05, 3.63) is 0 Å². The van der Waals surface area contributed by atoms with Gasteiger partial charge in [-0.25, -0.2) is 0 Å². The molecule has 0 saturated heterocycles. The van der Waals surface area contributed by atoms with Crippen molar-refractivity contribution >= 4 is 17.8 Å². The van der Waals surface area contributed by atoms with E-state index < -0.39 is 24.0 Å². The van der Waals surface area contributed by atoms with Crippen molar-refractivity contribution in [2.75, 3.05) is 20.3 Å². The highest BCUT2D eigenvalue weighted by Gasteiger charge is 2.29. The predicted octanol–water partition coefficient (Wildman–Crippen LogP) is 5.70. The van der Waals surface area contributed by atoms with E-state index in [1.165, 1.54) is 76.0 Å². The number of carbonyl (C=O) groups is 3. The second-order valence-electron chi connectivity index (χ2n) is 9.51. The molecular formula is C27H52N2O5. The maximum atomic E-state index is 12.7. The van der Waals surface area contributed by atoms with Crippen LogP contribution in [-0.2, 0) is 19.1 Å². The van der Waals surface area contributed by atoms with E-state index in [1.807, 2.05) is 6.92 Å². The van der Waals surface area contributed by atoms with Gasteiger partial charge in [0.2, 0.25) is 11.8 Å². The van der Waals surface area contributed by atoms with Crippen LogP contribution in [-0.4, -0.2) is 60.1 Å². The summed E-state index contributed by atoms with van der Waals surface area (Å²) in [5.41, 5.74) is 0. The maximum Gasteiger partial charge on any atom is 0.325 e. The molecule has 0 bridgehead atoms. The first kappa shape index (κ1) is 32.4. The highest BCUT2D eigenvalue weighted by Crippen LogP contribution is 2.14. The van der Waals surface area contributed by atoms with Gasteiger partial charge in [-0.15, -0.1) is 0 Å². The Morgan fingerprint density at radius 3 is 1.74 bits per heavy atom.